The van der Waals surface area contributed by atoms with E-state index in [1.807, 2.05) is 43.3 Å². The van der Waals surface area contributed by atoms with Crippen LogP contribution in [-0.2, 0) is 4.74 Å². The van der Waals surface area contributed by atoms with E-state index < -0.39 is 12.6 Å². The van der Waals surface area contributed by atoms with Gasteiger partial charge in [0.05, 0.1) is 12.7 Å². The zero-order chi connectivity index (χ0) is 23.4. The van der Waals surface area contributed by atoms with Crippen LogP contribution >= 0.6 is 0 Å². The molecule has 0 unspecified atom stereocenters. The van der Waals surface area contributed by atoms with Gasteiger partial charge in [-0.05, 0) is 42.0 Å². The molecule has 0 radical (unpaired) electrons. The van der Waals surface area contributed by atoms with E-state index in [9.17, 15) is 14.4 Å². The predicted molar refractivity (Wildman–Crippen MR) is 126 cm³/mol. The van der Waals surface area contributed by atoms with Crippen molar-refractivity contribution in [3.05, 3.63) is 113 Å². The molecule has 0 aliphatic rings. The van der Waals surface area contributed by atoms with Crippen LogP contribution in [0.25, 0.3) is 10.8 Å². The highest BCUT2D eigenvalue weighted by molar-refractivity contribution is 6.14. The average molecular weight is 438 g/mol. The van der Waals surface area contributed by atoms with Crippen LogP contribution in [0, 0.1) is 6.92 Å². The summed E-state index contributed by atoms with van der Waals surface area (Å²) in [5, 5.41) is 1.81. The largest absolute Gasteiger partial charge is 0.497 e. The van der Waals surface area contributed by atoms with Gasteiger partial charge in [0.2, 0.25) is 0 Å². The maximum absolute atomic E-state index is 12.9. The lowest BCUT2D eigenvalue weighted by molar-refractivity contribution is 0.0473. The Morgan fingerprint density at radius 3 is 2.09 bits per heavy atom. The number of carbonyl (C=O) groups is 3. The molecular weight excluding hydrogens is 416 g/mol. The molecule has 5 nitrogen and oxygen atoms in total. The molecule has 5 heteroatoms. The lowest BCUT2D eigenvalue weighted by Crippen LogP contribution is -2.17. The number of esters is 1. The molecule has 0 N–H and O–H groups in total. The van der Waals surface area contributed by atoms with E-state index in [0.29, 0.717) is 11.1 Å². The van der Waals surface area contributed by atoms with Crippen molar-refractivity contribution in [1.29, 1.82) is 0 Å². The van der Waals surface area contributed by atoms with Crippen molar-refractivity contribution < 1.29 is 23.9 Å². The van der Waals surface area contributed by atoms with Gasteiger partial charge in [-0.1, -0.05) is 66.2 Å². The summed E-state index contributed by atoms with van der Waals surface area (Å²) in [5.74, 6) is -0.596. The third-order valence-corrected chi connectivity index (χ3v) is 5.41. The quantitative estimate of drug-likeness (QED) is 0.284. The molecule has 4 aromatic rings. The van der Waals surface area contributed by atoms with Crippen molar-refractivity contribution in [3.8, 4) is 5.75 Å². The molecule has 0 aliphatic carbocycles. The first kappa shape index (κ1) is 22.0. The molecule has 33 heavy (non-hydrogen) atoms. The third-order valence-electron chi connectivity index (χ3n) is 5.41. The van der Waals surface area contributed by atoms with Gasteiger partial charge in [0, 0.05) is 16.7 Å². The number of benzene rings is 4. The number of ketones is 2. The molecule has 0 spiro atoms. The van der Waals surface area contributed by atoms with E-state index in [-0.39, 0.29) is 22.7 Å². The number of rotatable bonds is 7. The summed E-state index contributed by atoms with van der Waals surface area (Å²) >= 11 is 0. The number of hydrogen-bond donors (Lipinski definition) is 0. The fraction of sp³-hybridized carbons (Fsp3) is 0.107. The standard InChI is InChI=1S/C28H22O5/c1-18-7-9-19(10-8-18)27(30)24-5-3-4-6-25(24)28(31)33-17-26(29)22-12-11-21-16-23(32-2)14-13-20(21)15-22/h3-16H,17H2,1-2H3. The Morgan fingerprint density at radius 2 is 1.36 bits per heavy atom. The van der Waals surface area contributed by atoms with Gasteiger partial charge in [-0.25, -0.2) is 4.79 Å². The van der Waals surface area contributed by atoms with Crippen molar-refractivity contribution in [2.45, 2.75) is 6.92 Å². The summed E-state index contributed by atoms with van der Waals surface area (Å²) in [6.07, 6.45) is 0. The number of hydrogen-bond acceptors (Lipinski definition) is 5. The van der Waals surface area contributed by atoms with Crippen molar-refractivity contribution in [3.63, 3.8) is 0 Å². The van der Waals surface area contributed by atoms with E-state index in [4.69, 9.17) is 9.47 Å². The summed E-state index contributed by atoms with van der Waals surface area (Å²) in [6.45, 7) is 1.51. The Labute approximate surface area is 191 Å². The maximum Gasteiger partial charge on any atom is 0.339 e. The first-order chi connectivity index (χ1) is 16.0. The molecule has 164 valence electrons. The molecule has 0 atom stereocenters. The predicted octanol–water partition coefficient (Wildman–Crippen LogP) is 5.43. The zero-order valence-electron chi connectivity index (χ0n) is 18.3. The second-order valence-electron chi connectivity index (χ2n) is 7.67. The highest BCUT2D eigenvalue weighted by atomic mass is 16.5. The van der Waals surface area contributed by atoms with Crippen LogP contribution in [0.15, 0.2) is 84.9 Å². The van der Waals surface area contributed by atoms with Crippen LogP contribution < -0.4 is 4.74 Å². The summed E-state index contributed by atoms with van der Waals surface area (Å²) < 4.78 is 10.5. The van der Waals surface area contributed by atoms with Gasteiger partial charge in [-0.3, -0.25) is 9.59 Å². The normalized spacial score (nSPS) is 10.6. The Balaban J connectivity index is 1.49. The smallest absolute Gasteiger partial charge is 0.339 e. The fourth-order valence-corrected chi connectivity index (χ4v) is 3.54. The molecule has 0 aromatic heterocycles. The van der Waals surface area contributed by atoms with Crippen molar-refractivity contribution >= 4 is 28.3 Å². The third kappa shape index (κ3) is 4.83. The van der Waals surface area contributed by atoms with Crippen molar-refractivity contribution in [2.75, 3.05) is 13.7 Å². The highest BCUT2D eigenvalue weighted by Gasteiger charge is 2.20. The molecule has 0 fully saturated rings. The van der Waals surface area contributed by atoms with Crippen LogP contribution in [0.1, 0.15) is 42.2 Å². The lowest BCUT2D eigenvalue weighted by Gasteiger charge is -2.10. The van der Waals surface area contributed by atoms with E-state index >= 15 is 0 Å². The number of Topliss-reactive ketones (excluding diaryl/α,β-unsaturated/α-hetero) is 1. The number of ether oxygens (including phenoxy) is 2. The van der Waals surface area contributed by atoms with E-state index in [2.05, 4.69) is 0 Å². The van der Waals surface area contributed by atoms with E-state index in [1.165, 1.54) is 6.07 Å². The minimum atomic E-state index is -0.718. The fourth-order valence-electron chi connectivity index (χ4n) is 3.54. The van der Waals surface area contributed by atoms with Gasteiger partial charge in [0.25, 0.3) is 0 Å². The maximum atomic E-state index is 12.9. The summed E-state index contributed by atoms with van der Waals surface area (Å²) in [4.78, 5) is 38.3. The lowest BCUT2D eigenvalue weighted by atomic mass is 9.98. The molecule has 0 saturated heterocycles. The molecule has 0 bridgehead atoms. The number of aryl methyl sites for hydroxylation is 1. The van der Waals surface area contributed by atoms with Crippen LogP contribution in [0.2, 0.25) is 0 Å². The zero-order valence-corrected chi connectivity index (χ0v) is 18.3. The van der Waals surface area contributed by atoms with E-state index in [1.54, 1.807) is 49.6 Å². The van der Waals surface area contributed by atoms with Gasteiger partial charge in [0.1, 0.15) is 5.75 Å². The van der Waals surface area contributed by atoms with Crippen LogP contribution in [0.4, 0.5) is 0 Å². The molecule has 0 aliphatic heterocycles. The van der Waals surface area contributed by atoms with Crippen LogP contribution in [-0.4, -0.2) is 31.3 Å². The van der Waals surface area contributed by atoms with Gasteiger partial charge >= 0.3 is 5.97 Å². The van der Waals surface area contributed by atoms with Crippen LogP contribution in [0.3, 0.4) is 0 Å². The summed E-state index contributed by atoms with van der Waals surface area (Å²) in [5.41, 5.74) is 2.31. The van der Waals surface area contributed by atoms with Gasteiger partial charge in [0.15, 0.2) is 18.2 Å². The average Bonchev–Trinajstić information content (AvgIpc) is 2.86. The van der Waals surface area contributed by atoms with Crippen molar-refractivity contribution in [1.82, 2.24) is 0 Å². The Hall–Kier alpha value is -4.25. The Bertz CT molecular complexity index is 1350. The van der Waals surface area contributed by atoms with E-state index in [0.717, 1.165) is 22.1 Å². The summed E-state index contributed by atoms with van der Waals surface area (Å²) in [6, 6.07) is 24.4. The van der Waals surface area contributed by atoms with Gasteiger partial charge in [-0.15, -0.1) is 0 Å². The summed E-state index contributed by atoms with van der Waals surface area (Å²) in [7, 11) is 1.60. The monoisotopic (exact) mass is 438 g/mol. The molecule has 4 rings (SSSR count). The van der Waals surface area contributed by atoms with Crippen molar-refractivity contribution in [2.24, 2.45) is 0 Å². The van der Waals surface area contributed by atoms with Gasteiger partial charge < -0.3 is 9.47 Å². The molecule has 0 saturated carbocycles. The highest BCUT2D eigenvalue weighted by Crippen LogP contribution is 2.22. The van der Waals surface area contributed by atoms with Gasteiger partial charge in [-0.2, -0.15) is 0 Å². The van der Waals surface area contributed by atoms with Crippen LogP contribution in [0.5, 0.6) is 5.75 Å². The molecular formula is C28H22O5. The molecule has 0 heterocycles. The SMILES string of the molecule is COc1ccc2cc(C(=O)COC(=O)c3ccccc3C(=O)c3ccc(C)cc3)ccc2c1. The second kappa shape index (κ2) is 9.49. The molecule has 4 aromatic carbocycles. The first-order valence-electron chi connectivity index (χ1n) is 10.4. The first-order valence-corrected chi connectivity index (χ1v) is 10.4. The topological polar surface area (TPSA) is 69.7 Å². The minimum absolute atomic E-state index is 0.126. The second-order valence-corrected chi connectivity index (χ2v) is 7.67. The minimum Gasteiger partial charge on any atom is -0.497 e. The molecule has 0 amide bonds. The Kier molecular flexibility index (Phi) is 6.31. The Morgan fingerprint density at radius 1 is 0.727 bits per heavy atom. The number of carbonyl (C=O) groups excluding carboxylic acids is 3. The number of methoxy groups -OCH3 is 1. The number of fused-ring (bicyclic) bond motifs is 1.